The van der Waals surface area contributed by atoms with Gasteiger partial charge in [-0.15, -0.1) is 0 Å². The summed E-state index contributed by atoms with van der Waals surface area (Å²) >= 11 is 0. The van der Waals surface area contributed by atoms with Gasteiger partial charge in [-0.3, -0.25) is 4.98 Å². The molecule has 0 aliphatic carbocycles. The molecule has 1 N–H and O–H groups in total. The quantitative estimate of drug-likeness (QED) is 0.651. The Balaban J connectivity index is 2.57. The third kappa shape index (κ3) is 0.968. The van der Waals surface area contributed by atoms with Crippen molar-refractivity contribution in [2.75, 3.05) is 11.9 Å². The minimum atomic E-state index is -0.492. The van der Waals surface area contributed by atoms with Crippen LogP contribution in [0.1, 0.15) is 25.6 Å². The van der Waals surface area contributed by atoms with Gasteiger partial charge >= 0.3 is 0 Å². The molecule has 0 amide bonds. The van der Waals surface area contributed by atoms with Crippen molar-refractivity contribution in [3.8, 4) is 0 Å². The monoisotopic (exact) mass is 178 g/mol. The molecule has 3 nitrogen and oxygen atoms in total. The zero-order valence-electron chi connectivity index (χ0n) is 8.15. The molecule has 1 unspecified atom stereocenters. The molecular formula is C10H14N2O. The molecule has 1 aliphatic rings. The van der Waals surface area contributed by atoms with Crippen molar-refractivity contribution in [3.63, 3.8) is 0 Å². The van der Waals surface area contributed by atoms with Gasteiger partial charge in [0.2, 0.25) is 0 Å². The third-order valence-corrected chi connectivity index (χ3v) is 2.97. The van der Waals surface area contributed by atoms with Gasteiger partial charge in [-0.05, 0) is 26.0 Å². The molecule has 1 atom stereocenters. The van der Waals surface area contributed by atoms with E-state index in [9.17, 15) is 5.11 Å². The van der Waals surface area contributed by atoms with Crippen LogP contribution in [-0.2, 0) is 0 Å². The normalized spacial score (nSPS) is 24.6. The van der Waals surface area contributed by atoms with E-state index >= 15 is 0 Å². The van der Waals surface area contributed by atoms with E-state index in [1.807, 2.05) is 33.0 Å². The highest BCUT2D eigenvalue weighted by atomic mass is 16.3. The number of aliphatic hydroxyl groups is 1. The van der Waals surface area contributed by atoms with Gasteiger partial charge in [0.25, 0.3) is 0 Å². The van der Waals surface area contributed by atoms with Crippen molar-refractivity contribution in [1.29, 1.82) is 0 Å². The summed E-state index contributed by atoms with van der Waals surface area (Å²) in [6, 6.07) is 3.88. The second-order valence-corrected chi connectivity index (χ2v) is 4.02. The number of aliphatic hydroxyl groups excluding tert-OH is 1. The number of hydrogen-bond acceptors (Lipinski definition) is 3. The van der Waals surface area contributed by atoms with Crippen LogP contribution in [0.5, 0.6) is 0 Å². The Morgan fingerprint density at radius 1 is 1.54 bits per heavy atom. The molecule has 1 aromatic heterocycles. The fraction of sp³-hybridized carbons (Fsp3) is 0.500. The van der Waals surface area contributed by atoms with E-state index in [1.54, 1.807) is 6.20 Å². The Hall–Kier alpha value is -1.09. The fourth-order valence-corrected chi connectivity index (χ4v) is 1.73. The van der Waals surface area contributed by atoms with E-state index in [0.717, 1.165) is 11.4 Å². The van der Waals surface area contributed by atoms with Crippen molar-refractivity contribution in [3.05, 3.63) is 24.0 Å². The zero-order valence-corrected chi connectivity index (χ0v) is 8.15. The number of fused-ring (bicyclic) bond motifs is 1. The third-order valence-electron chi connectivity index (χ3n) is 2.97. The molecule has 1 aromatic rings. The highest BCUT2D eigenvalue weighted by molar-refractivity contribution is 5.59. The highest BCUT2D eigenvalue weighted by Crippen LogP contribution is 2.43. The topological polar surface area (TPSA) is 36.4 Å². The van der Waals surface area contributed by atoms with E-state index in [1.165, 1.54) is 0 Å². The van der Waals surface area contributed by atoms with Crippen LogP contribution in [0.25, 0.3) is 0 Å². The van der Waals surface area contributed by atoms with Gasteiger partial charge in [-0.1, -0.05) is 0 Å². The molecule has 0 bridgehead atoms. The first-order valence-corrected chi connectivity index (χ1v) is 4.42. The van der Waals surface area contributed by atoms with E-state index in [2.05, 4.69) is 9.88 Å². The first-order valence-electron chi connectivity index (χ1n) is 4.42. The minimum absolute atomic E-state index is 0.253. The second kappa shape index (κ2) is 2.45. The Bertz CT molecular complexity index is 304. The number of hydrogen-bond donors (Lipinski definition) is 1. The molecule has 3 heteroatoms. The van der Waals surface area contributed by atoms with Crippen LogP contribution in [0, 0.1) is 0 Å². The zero-order chi connectivity index (χ0) is 9.64. The number of rotatable bonds is 0. The highest BCUT2D eigenvalue weighted by Gasteiger charge is 2.42. The molecule has 2 rings (SSSR count). The summed E-state index contributed by atoms with van der Waals surface area (Å²) in [6.45, 7) is 4.03. The van der Waals surface area contributed by atoms with Crippen LogP contribution in [0.4, 0.5) is 5.69 Å². The Morgan fingerprint density at radius 3 is 2.85 bits per heavy atom. The van der Waals surface area contributed by atoms with Gasteiger partial charge in [0.1, 0.15) is 6.10 Å². The molecule has 0 saturated carbocycles. The SMILES string of the molecule is CN1c2cccnc2C(O)C1(C)C. The van der Waals surface area contributed by atoms with Crippen molar-refractivity contribution >= 4 is 5.69 Å². The van der Waals surface area contributed by atoms with Crippen LogP contribution in [-0.4, -0.2) is 22.7 Å². The molecule has 2 heterocycles. The van der Waals surface area contributed by atoms with Crippen molar-refractivity contribution in [2.45, 2.75) is 25.5 Å². The fourth-order valence-electron chi connectivity index (χ4n) is 1.73. The standard InChI is InChI=1S/C10H14N2O/c1-10(2)9(13)8-7(12(10)3)5-4-6-11-8/h4-6,9,13H,1-3H3. The smallest absolute Gasteiger partial charge is 0.121 e. The maximum atomic E-state index is 9.98. The summed E-state index contributed by atoms with van der Waals surface area (Å²) in [5, 5.41) is 9.98. The summed E-state index contributed by atoms with van der Waals surface area (Å²) < 4.78 is 0. The summed E-state index contributed by atoms with van der Waals surface area (Å²) in [5.41, 5.74) is 1.56. The Morgan fingerprint density at radius 2 is 2.23 bits per heavy atom. The average Bonchev–Trinajstić information content (AvgIpc) is 2.30. The Labute approximate surface area is 78.0 Å². The number of likely N-dealkylation sites (N-methyl/N-ethyl adjacent to an activating group) is 1. The van der Waals surface area contributed by atoms with Crippen LogP contribution >= 0.6 is 0 Å². The summed E-state index contributed by atoms with van der Waals surface area (Å²) in [7, 11) is 1.98. The van der Waals surface area contributed by atoms with E-state index in [-0.39, 0.29) is 5.54 Å². The molecule has 70 valence electrons. The first kappa shape index (κ1) is 8.51. The van der Waals surface area contributed by atoms with Crippen molar-refractivity contribution in [2.24, 2.45) is 0 Å². The van der Waals surface area contributed by atoms with Crippen molar-refractivity contribution in [1.82, 2.24) is 4.98 Å². The lowest BCUT2D eigenvalue weighted by Crippen LogP contribution is -2.40. The maximum absolute atomic E-state index is 9.98. The number of anilines is 1. The van der Waals surface area contributed by atoms with E-state index < -0.39 is 6.10 Å². The van der Waals surface area contributed by atoms with Crippen LogP contribution in [0.15, 0.2) is 18.3 Å². The molecule has 0 aromatic carbocycles. The lowest BCUT2D eigenvalue weighted by atomic mass is 9.98. The minimum Gasteiger partial charge on any atom is -0.384 e. The van der Waals surface area contributed by atoms with Gasteiger partial charge < -0.3 is 10.0 Å². The molecule has 0 spiro atoms. The number of pyridine rings is 1. The van der Waals surface area contributed by atoms with Gasteiger partial charge in [0.05, 0.1) is 16.9 Å². The van der Waals surface area contributed by atoms with Crippen LogP contribution in [0.3, 0.4) is 0 Å². The van der Waals surface area contributed by atoms with Crippen LogP contribution < -0.4 is 4.90 Å². The van der Waals surface area contributed by atoms with Gasteiger partial charge in [-0.25, -0.2) is 0 Å². The van der Waals surface area contributed by atoms with Gasteiger partial charge in [0, 0.05) is 13.2 Å². The lowest BCUT2D eigenvalue weighted by Gasteiger charge is -2.32. The number of aromatic nitrogens is 1. The Kier molecular flexibility index (Phi) is 1.60. The number of nitrogens with zero attached hydrogens (tertiary/aromatic N) is 2. The molecule has 0 fully saturated rings. The summed E-state index contributed by atoms with van der Waals surface area (Å²) in [4.78, 5) is 6.26. The maximum Gasteiger partial charge on any atom is 0.121 e. The van der Waals surface area contributed by atoms with Crippen LogP contribution in [0.2, 0.25) is 0 Å². The van der Waals surface area contributed by atoms with Gasteiger partial charge in [0.15, 0.2) is 0 Å². The van der Waals surface area contributed by atoms with Crippen molar-refractivity contribution < 1.29 is 5.11 Å². The second-order valence-electron chi connectivity index (χ2n) is 4.02. The predicted octanol–water partition coefficient (Wildman–Crippen LogP) is 1.34. The van der Waals surface area contributed by atoms with E-state index in [4.69, 9.17) is 0 Å². The van der Waals surface area contributed by atoms with E-state index in [0.29, 0.717) is 0 Å². The lowest BCUT2D eigenvalue weighted by molar-refractivity contribution is 0.112. The molecule has 0 radical (unpaired) electrons. The predicted molar refractivity (Wildman–Crippen MR) is 51.7 cm³/mol. The first-order chi connectivity index (χ1) is 6.05. The molecule has 1 aliphatic heterocycles. The average molecular weight is 178 g/mol. The summed E-state index contributed by atoms with van der Waals surface area (Å²) in [5.74, 6) is 0. The molecular weight excluding hydrogens is 164 g/mol. The molecule has 0 saturated heterocycles. The summed E-state index contributed by atoms with van der Waals surface area (Å²) in [6.07, 6.45) is 1.23. The van der Waals surface area contributed by atoms with Gasteiger partial charge in [-0.2, -0.15) is 0 Å². The largest absolute Gasteiger partial charge is 0.384 e. The molecule has 13 heavy (non-hydrogen) atoms.